The van der Waals surface area contributed by atoms with Crippen molar-refractivity contribution in [1.29, 1.82) is 0 Å². The van der Waals surface area contributed by atoms with Gasteiger partial charge in [0.05, 0.1) is 5.69 Å². The van der Waals surface area contributed by atoms with Gasteiger partial charge < -0.3 is 15.2 Å². The highest BCUT2D eigenvalue weighted by molar-refractivity contribution is 6.30. The van der Waals surface area contributed by atoms with Crippen molar-refractivity contribution in [2.75, 3.05) is 19.6 Å². The zero-order valence-electron chi connectivity index (χ0n) is 20.9. The van der Waals surface area contributed by atoms with Gasteiger partial charge in [0.1, 0.15) is 5.65 Å². The van der Waals surface area contributed by atoms with E-state index in [0.29, 0.717) is 6.54 Å². The van der Waals surface area contributed by atoms with Crippen LogP contribution in [0.4, 0.5) is 4.79 Å². The molecule has 5 heterocycles. The SMILES string of the molecule is CCNC(=O)N1CCC2(CCn3nc(-c4cnc5[nH]cc(C(C)(C)c6ccc(Cl)cc6)c5c4)cc32)C1. The largest absolute Gasteiger partial charge is 0.346 e. The number of amides is 2. The van der Waals surface area contributed by atoms with Crippen LogP contribution < -0.4 is 5.32 Å². The Kier molecular flexibility index (Phi) is 5.37. The molecule has 1 unspecified atom stereocenters. The minimum Gasteiger partial charge on any atom is -0.346 e. The van der Waals surface area contributed by atoms with Gasteiger partial charge in [0.2, 0.25) is 0 Å². The highest BCUT2D eigenvalue weighted by Gasteiger charge is 2.46. The highest BCUT2D eigenvalue weighted by atomic mass is 35.5. The maximum Gasteiger partial charge on any atom is 0.317 e. The second-order valence-corrected chi connectivity index (χ2v) is 11.1. The van der Waals surface area contributed by atoms with E-state index in [-0.39, 0.29) is 16.9 Å². The summed E-state index contributed by atoms with van der Waals surface area (Å²) < 4.78 is 2.14. The summed E-state index contributed by atoms with van der Waals surface area (Å²) in [6.45, 7) is 9.47. The Balaban J connectivity index is 1.34. The number of aryl methyl sites for hydroxylation is 1. The van der Waals surface area contributed by atoms with Gasteiger partial charge in [0.25, 0.3) is 0 Å². The van der Waals surface area contributed by atoms with Crippen LogP contribution in [0.2, 0.25) is 5.02 Å². The molecule has 6 rings (SSSR count). The average molecular weight is 503 g/mol. The van der Waals surface area contributed by atoms with Gasteiger partial charge in [-0.05, 0) is 55.2 Å². The molecule has 36 heavy (non-hydrogen) atoms. The maximum atomic E-state index is 12.4. The van der Waals surface area contributed by atoms with Crippen LogP contribution in [-0.4, -0.2) is 50.3 Å². The first-order chi connectivity index (χ1) is 17.3. The normalized spacial score (nSPS) is 19.4. The lowest BCUT2D eigenvalue weighted by Crippen LogP contribution is -2.40. The zero-order valence-corrected chi connectivity index (χ0v) is 21.7. The lowest BCUT2D eigenvalue weighted by atomic mass is 9.78. The van der Waals surface area contributed by atoms with Gasteiger partial charge in [-0.1, -0.05) is 37.6 Å². The summed E-state index contributed by atoms with van der Waals surface area (Å²) in [5.74, 6) is 0. The van der Waals surface area contributed by atoms with E-state index in [2.05, 4.69) is 59.3 Å². The molecule has 1 saturated heterocycles. The number of pyridine rings is 1. The number of hydrogen-bond donors (Lipinski definition) is 2. The molecule has 2 aliphatic rings. The molecule has 0 saturated carbocycles. The van der Waals surface area contributed by atoms with Crippen molar-refractivity contribution in [2.24, 2.45) is 0 Å². The Hall–Kier alpha value is -3.32. The molecule has 4 aromatic rings. The molecule has 2 N–H and O–H groups in total. The van der Waals surface area contributed by atoms with E-state index in [1.165, 1.54) is 16.8 Å². The first-order valence-electron chi connectivity index (χ1n) is 12.7. The van der Waals surface area contributed by atoms with E-state index >= 15 is 0 Å². The van der Waals surface area contributed by atoms with Crippen molar-refractivity contribution in [3.63, 3.8) is 0 Å². The van der Waals surface area contributed by atoms with E-state index in [1.54, 1.807) is 0 Å². The number of benzene rings is 1. The lowest BCUT2D eigenvalue weighted by Gasteiger charge is -2.25. The third-order valence-electron chi connectivity index (χ3n) is 8.16. The van der Waals surface area contributed by atoms with Crippen LogP contribution in [0.3, 0.4) is 0 Å². The van der Waals surface area contributed by atoms with Crippen LogP contribution in [0.25, 0.3) is 22.3 Å². The summed E-state index contributed by atoms with van der Waals surface area (Å²) in [6, 6.07) is 12.5. The number of aromatic amines is 1. The minimum atomic E-state index is -0.227. The molecular formula is C28H31ClN6O. The monoisotopic (exact) mass is 502 g/mol. The number of aromatic nitrogens is 4. The fourth-order valence-corrected chi connectivity index (χ4v) is 6.13. The third-order valence-corrected chi connectivity index (χ3v) is 8.41. The summed E-state index contributed by atoms with van der Waals surface area (Å²) in [5, 5.41) is 9.74. The van der Waals surface area contributed by atoms with Crippen LogP contribution in [0.15, 0.2) is 48.8 Å². The molecule has 0 bridgehead atoms. The van der Waals surface area contributed by atoms with Crippen molar-refractivity contribution in [2.45, 2.75) is 51.0 Å². The number of nitrogens with zero attached hydrogens (tertiary/aromatic N) is 4. The van der Waals surface area contributed by atoms with Crippen LogP contribution in [0, 0.1) is 0 Å². The quantitative estimate of drug-likeness (QED) is 0.387. The fourth-order valence-electron chi connectivity index (χ4n) is 6.01. The standard InChI is InChI=1S/C28H31ClN6O/c1-4-30-26(36)34-11-9-28(17-34)10-12-35-24(28)14-23(33-35)18-13-21-22(16-32-25(21)31-15-18)27(2,3)19-5-7-20(29)8-6-19/h5-8,13-16H,4,9-12,17H2,1-3H3,(H,30,36)(H,31,32). The van der Waals surface area contributed by atoms with Gasteiger partial charge in [0, 0.05) is 71.1 Å². The summed E-state index contributed by atoms with van der Waals surface area (Å²) in [5.41, 5.74) is 6.19. The molecule has 1 fully saturated rings. The van der Waals surface area contributed by atoms with Gasteiger partial charge >= 0.3 is 6.03 Å². The van der Waals surface area contributed by atoms with E-state index < -0.39 is 0 Å². The molecule has 0 aliphatic carbocycles. The van der Waals surface area contributed by atoms with Gasteiger partial charge in [-0.15, -0.1) is 0 Å². The number of nitrogens with one attached hydrogen (secondary N) is 2. The molecule has 2 amide bonds. The van der Waals surface area contributed by atoms with Crippen LogP contribution >= 0.6 is 11.6 Å². The second kappa shape index (κ2) is 8.37. The number of halogens is 1. The number of rotatable bonds is 4. The van der Waals surface area contributed by atoms with Gasteiger partial charge in [-0.3, -0.25) is 4.68 Å². The number of carbonyl (C=O) groups is 1. The topological polar surface area (TPSA) is 78.8 Å². The van der Waals surface area contributed by atoms with E-state index in [1.807, 2.05) is 30.2 Å². The fraction of sp³-hybridized carbons (Fsp3) is 0.393. The summed E-state index contributed by atoms with van der Waals surface area (Å²) in [7, 11) is 0. The molecule has 0 radical (unpaired) electrons. The smallest absolute Gasteiger partial charge is 0.317 e. The zero-order chi connectivity index (χ0) is 25.1. The molecule has 7 nitrogen and oxygen atoms in total. The Bertz CT molecular complexity index is 1450. The van der Waals surface area contributed by atoms with Crippen LogP contribution in [0.1, 0.15) is 50.4 Å². The third kappa shape index (κ3) is 3.60. The number of likely N-dealkylation sites (tertiary alicyclic amines) is 1. The minimum absolute atomic E-state index is 0.0102. The Morgan fingerprint density at radius 2 is 1.97 bits per heavy atom. The van der Waals surface area contributed by atoms with Gasteiger partial charge in [-0.25, -0.2) is 9.78 Å². The Labute approximate surface area is 215 Å². The second-order valence-electron chi connectivity index (χ2n) is 10.6. The summed E-state index contributed by atoms with van der Waals surface area (Å²) in [4.78, 5) is 22.5. The Morgan fingerprint density at radius 1 is 1.19 bits per heavy atom. The van der Waals surface area contributed by atoms with E-state index in [9.17, 15) is 4.79 Å². The molecule has 2 aliphatic heterocycles. The molecule has 186 valence electrons. The van der Waals surface area contributed by atoms with Crippen molar-refractivity contribution in [3.8, 4) is 11.3 Å². The van der Waals surface area contributed by atoms with Crippen LogP contribution in [0.5, 0.6) is 0 Å². The summed E-state index contributed by atoms with van der Waals surface area (Å²) >= 11 is 6.14. The number of H-pyrrole nitrogens is 1. The van der Waals surface area contributed by atoms with E-state index in [0.717, 1.165) is 59.8 Å². The van der Waals surface area contributed by atoms with E-state index in [4.69, 9.17) is 21.7 Å². The molecular weight excluding hydrogens is 472 g/mol. The first kappa shape index (κ1) is 23.1. The maximum absolute atomic E-state index is 12.4. The predicted molar refractivity (Wildman–Crippen MR) is 142 cm³/mol. The molecule has 3 aromatic heterocycles. The Morgan fingerprint density at radius 3 is 2.75 bits per heavy atom. The van der Waals surface area contributed by atoms with Crippen molar-refractivity contribution in [1.82, 2.24) is 30.0 Å². The molecule has 8 heteroatoms. The lowest BCUT2D eigenvalue weighted by molar-refractivity contribution is 0.206. The first-order valence-corrected chi connectivity index (χ1v) is 13.0. The predicted octanol–water partition coefficient (Wildman–Crippen LogP) is 5.48. The van der Waals surface area contributed by atoms with Crippen LogP contribution in [-0.2, 0) is 17.4 Å². The number of fused-ring (bicyclic) bond motifs is 3. The summed E-state index contributed by atoms with van der Waals surface area (Å²) in [6.07, 6.45) is 5.97. The number of hydrogen-bond acceptors (Lipinski definition) is 3. The molecule has 1 spiro atoms. The highest BCUT2D eigenvalue weighted by Crippen LogP contribution is 2.44. The average Bonchev–Trinajstić information content (AvgIpc) is 3.64. The van der Waals surface area contributed by atoms with Crippen molar-refractivity contribution < 1.29 is 4.79 Å². The molecule has 1 atom stereocenters. The van der Waals surface area contributed by atoms with Gasteiger partial charge in [-0.2, -0.15) is 5.10 Å². The molecule has 1 aromatic carbocycles. The number of carbonyl (C=O) groups excluding carboxylic acids is 1. The van der Waals surface area contributed by atoms with Gasteiger partial charge in [0.15, 0.2) is 0 Å². The van der Waals surface area contributed by atoms with Crippen molar-refractivity contribution >= 4 is 28.7 Å². The number of urea groups is 1. The van der Waals surface area contributed by atoms with Crippen molar-refractivity contribution in [3.05, 3.63) is 70.6 Å².